The molecule has 216 valence electrons. The van der Waals surface area contributed by atoms with Crippen LogP contribution in [0.25, 0.3) is 11.4 Å². The van der Waals surface area contributed by atoms with Gasteiger partial charge in [-0.15, -0.1) is 0 Å². The second kappa shape index (κ2) is 13.4. The van der Waals surface area contributed by atoms with Gasteiger partial charge in [-0.05, 0) is 36.8 Å². The molecule has 2 heterocycles. The Morgan fingerprint density at radius 1 is 0.905 bits per heavy atom. The number of aromatic nitrogens is 2. The lowest BCUT2D eigenvalue weighted by atomic mass is 10.0. The molecule has 1 aliphatic rings. The fourth-order valence-corrected chi connectivity index (χ4v) is 5.30. The summed E-state index contributed by atoms with van der Waals surface area (Å²) in [5.74, 6) is 1.83. The molecule has 8 heteroatoms. The van der Waals surface area contributed by atoms with E-state index >= 15 is 0 Å². The normalized spacial score (nSPS) is 17.2. The third kappa shape index (κ3) is 7.01. The Bertz CT molecular complexity index is 1480. The Balaban J connectivity index is 1.29. The van der Waals surface area contributed by atoms with Crippen molar-refractivity contribution in [1.29, 1.82) is 0 Å². The van der Waals surface area contributed by atoms with Crippen LogP contribution in [0.1, 0.15) is 31.9 Å². The summed E-state index contributed by atoms with van der Waals surface area (Å²) in [6, 6.07) is 26.5. The molecule has 1 saturated heterocycles. The van der Waals surface area contributed by atoms with Crippen LogP contribution in [0.3, 0.4) is 0 Å². The molecule has 0 spiro atoms. The minimum Gasteiger partial charge on any atom is -0.457 e. The lowest BCUT2D eigenvalue weighted by molar-refractivity contribution is -0.150. The maximum Gasteiger partial charge on any atom is 0.244 e. The lowest BCUT2D eigenvalue weighted by Crippen LogP contribution is -2.64. The first-order chi connectivity index (χ1) is 20.4. The van der Waals surface area contributed by atoms with Gasteiger partial charge in [0.05, 0.1) is 0 Å². The number of nitrogens with one attached hydrogen (secondary N) is 1. The summed E-state index contributed by atoms with van der Waals surface area (Å²) in [5, 5.41) is 3.09. The molecular formula is C34H37N5O3. The maximum absolute atomic E-state index is 13.7. The first-order valence-electron chi connectivity index (χ1n) is 14.4. The summed E-state index contributed by atoms with van der Waals surface area (Å²) in [7, 11) is 0. The highest BCUT2D eigenvalue weighted by Gasteiger charge is 2.40. The fourth-order valence-electron chi connectivity index (χ4n) is 5.30. The van der Waals surface area contributed by atoms with E-state index in [1.807, 2.05) is 99.6 Å². The molecule has 0 saturated carbocycles. The van der Waals surface area contributed by atoms with Crippen LogP contribution in [0.5, 0.6) is 11.5 Å². The second-order valence-electron chi connectivity index (χ2n) is 11.0. The third-order valence-electron chi connectivity index (χ3n) is 7.40. The van der Waals surface area contributed by atoms with E-state index in [0.717, 1.165) is 28.2 Å². The SMILES string of the molecule is CC(C)C(=O)N1[C@H](C)CN(Cc2ccccc2Oc2ccccc2)C[C@@H]1C(=O)NCc1ccc(-c2ncccn2)cc1. The van der Waals surface area contributed by atoms with Crippen molar-refractivity contribution in [3.63, 3.8) is 0 Å². The van der Waals surface area contributed by atoms with Crippen molar-refractivity contribution in [2.24, 2.45) is 5.92 Å². The van der Waals surface area contributed by atoms with E-state index in [2.05, 4.69) is 20.2 Å². The Kier molecular flexibility index (Phi) is 9.24. The highest BCUT2D eigenvalue weighted by molar-refractivity contribution is 5.89. The van der Waals surface area contributed by atoms with Gasteiger partial charge in [-0.1, -0.05) is 74.5 Å². The van der Waals surface area contributed by atoms with Crippen molar-refractivity contribution in [2.75, 3.05) is 13.1 Å². The average molecular weight is 564 g/mol. The summed E-state index contributed by atoms with van der Waals surface area (Å²) >= 11 is 0. The molecule has 0 radical (unpaired) electrons. The van der Waals surface area contributed by atoms with Crippen LogP contribution in [0.4, 0.5) is 0 Å². The van der Waals surface area contributed by atoms with Crippen molar-refractivity contribution in [1.82, 2.24) is 25.1 Å². The van der Waals surface area contributed by atoms with Gasteiger partial charge < -0.3 is 15.0 Å². The van der Waals surface area contributed by atoms with Gasteiger partial charge in [0.15, 0.2) is 5.82 Å². The molecule has 2 amide bonds. The number of ether oxygens (including phenoxy) is 1. The molecule has 1 N–H and O–H groups in total. The first-order valence-corrected chi connectivity index (χ1v) is 14.4. The molecule has 3 aromatic carbocycles. The minimum absolute atomic E-state index is 0.0117. The van der Waals surface area contributed by atoms with Crippen molar-refractivity contribution < 1.29 is 14.3 Å². The Morgan fingerprint density at radius 3 is 2.31 bits per heavy atom. The summed E-state index contributed by atoms with van der Waals surface area (Å²) in [5.41, 5.74) is 2.89. The van der Waals surface area contributed by atoms with Crippen molar-refractivity contribution in [3.8, 4) is 22.9 Å². The first kappa shape index (κ1) is 29.0. The number of para-hydroxylation sites is 2. The average Bonchev–Trinajstić information content (AvgIpc) is 3.01. The van der Waals surface area contributed by atoms with Gasteiger partial charge in [0.1, 0.15) is 17.5 Å². The van der Waals surface area contributed by atoms with Crippen LogP contribution in [0.15, 0.2) is 97.3 Å². The number of hydrogen-bond acceptors (Lipinski definition) is 6. The molecular weight excluding hydrogens is 526 g/mol. The highest BCUT2D eigenvalue weighted by atomic mass is 16.5. The van der Waals surface area contributed by atoms with E-state index < -0.39 is 6.04 Å². The van der Waals surface area contributed by atoms with Crippen LogP contribution in [-0.2, 0) is 22.7 Å². The quantitative estimate of drug-likeness (QED) is 0.297. The largest absolute Gasteiger partial charge is 0.457 e. The minimum atomic E-state index is -0.608. The summed E-state index contributed by atoms with van der Waals surface area (Å²) in [6.07, 6.45) is 3.42. The predicted molar refractivity (Wildman–Crippen MR) is 162 cm³/mol. The number of benzene rings is 3. The molecule has 1 aromatic heterocycles. The van der Waals surface area contributed by atoms with Crippen LogP contribution < -0.4 is 10.1 Å². The van der Waals surface area contributed by atoms with Crippen LogP contribution in [-0.4, -0.2) is 56.8 Å². The number of nitrogens with zero attached hydrogens (tertiary/aromatic N) is 4. The van der Waals surface area contributed by atoms with E-state index in [-0.39, 0.29) is 23.8 Å². The summed E-state index contributed by atoms with van der Waals surface area (Å²) in [6.45, 7) is 7.82. The van der Waals surface area contributed by atoms with Crippen LogP contribution in [0.2, 0.25) is 0 Å². The van der Waals surface area contributed by atoms with Gasteiger partial charge in [0.2, 0.25) is 11.8 Å². The summed E-state index contributed by atoms with van der Waals surface area (Å²) in [4.78, 5) is 39.6. The van der Waals surface area contributed by atoms with E-state index in [1.54, 1.807) is 23.4 Å². The highest BCUT2D eigenvalue weighted by Crippen LogP contribution is 2.28. The molecule has 8 nitrogen and oxygen atoms in total. The van der Waals surface area contributed by atoms with E-state index in [1.165, 1.54) is 0 Å². The molecule has 5 rings (SSSR count). The summed E-state index contributed by atoms with van der Waals surface area (Å²) < 4.78 is 6.19. The smallest absolute Gasteiger partial charge is 0.244 e. The molecule has 0 aliphatic carbocycles. The van der Waals surface area contributed by atoms with Crippen LogP contribution in [0, 0.1) is 5.92 Å². The zero-order valence-corrected chi connectivity index (χ0v) is 24.3. The number of carbonyl (C=O) groups excluding carboxylic acids is 2. The molecule has 2 atom stereocenters. The van der Waals surface area contributed by atoms with Crippen molar-refractivity contribution in [3.05, 3.63) is 108 Å². The fraction of sp³-hybridized carbons (Fsp3) is 0.294. The molecule has 42 heavy (non-hydrogen) atoms. The maximum atomic E-state index is 13.7. The number of piperazine rings is 1. The number of rotatable bonds is 9. The molecule has 0 bridgehead atoms. The lowest BCUT2D eigenvalue weighted by Gasteiger charge is -2.45. The molecule has 4 aromatic rings. The number of amides is 2. The molecule has 1 aliphatic heterocycles. The van der Waals surface area contributed by atoms with E-state index in [0.29, 0.717) is 32.0 Å². The monoisotopic (exact) mass is 563 g/mol. The molecule has 0 unspecified atom stereocenters. The van der Waals surface area contributed by atoms with Gasteiger partial charge in [-0.25, -0.2) is 9.97 Å². The van der Waals surface area contributed by atoms with Gasteiger partial charge in [0.25, 0.3) is 0 Å². The van der Waals surface area contributed by atoms with Gasteiger partial charge in [-0.2, -0.15) is 0 Å². The van der Waals surface area contributed by atoms with Gasteiger partial charge in [-0.3, -0.25) is 14.5 Å². The predicted octanol–water partition coefficient (Wildman–Crippen LogP) is 5.31. The number of carbonyl (C=O) groups is 2. The van der Waals surface area contributed by atoms with Gasteiger partial charge in [0, 0.05) is 61.7 Å². The second-order valence-corrected chi connectivity index (χ2v) is 11.0. The topological polar surface area (TPSA) is 87.7 Å². The standard InChI is InChI=1S/C34H37N5O3/c1-24(2)34(41)39-25(3)21-38(22-28-10-7-8-13-31(28)42-29-11-5-4-6-12-29)23-30(39)33(40)37-20-26-14-16-27(17-15-26)32-35-18-9-19-36-32/h4-19,24-25,30H,20-23H2,1-3H3,(H,37,40)/t25-,30-/m1/s1. The Hall–Kier alpha value is -4.56. The zero-order chi connectivity index (χ0) is 29.5. The van der Waals surface area contributed by atoms with Crippen LogP contribution >= 0.6 is 0 Å². The Morgan fingerprint density at radius 2 is 1.60 bits per heavy atom. The Labute approximate surface area is 247 Å². The third-order valence-corrected chi connectivity index (χ3v) is 7.40. The van der Waals surface area contributed by atoms with Crippen molar-refractivity contribution >= 4 is 11.8 Å². The number of hydrogen-bond donors (Lipinski definition) is 1. The van der Waals surface area contributed by atoms with Gasteiger partial charge >= 0.3 is 0 Å². The zero-order valence-electron chi connectivity index (χ0n) is 24.3. The van der Waals surface area contributed by atoms with E-state index in [9.17, 15) is 9.59 Å². The van der Waals surface area contributed by atoms with Crippen molar-refractivity contribution in [2.45, 2.75) is 45.9 Å². The molecule has 1 fully saturated rings. The van der Waals surface area contributed by atoms with E-state index in [4.69, 9.17) is 4.74 Å².